The summed E-state index contributed by atoms with van der Waals surface area (Å²) in [5.74, 6) is 0. The van der Waals surface area contributed by atoms with E-state index in [2.05, 4.69) is 17.9 Å². The monoisotopic (exact) mass is 386 g/mol. The number of anilines is 1. The summed E-state index contributed by atoms with van der Waals surface area (Å²) in [7, 11) is -3.48. The van der Waals surface area contributed by atoms with Gasteiger partial charge in [0, 0.05) is 19.6 Å². The fraction of sp³-hybridized carbons (Fsp3) is 0.412. The van der Waals surface area contributed by atoms with Gasteiger partial charge in [-0.05, 0) is 48.5 Å². The van der Waals surface area contributed by atoms with Crippen LogP contribution in [0.4, 0.5) is 5.69 Å². The minimum atomic E-state index is -3.48. The number of fused-ring (bicyclic) bond motifs is 1. The summed E-state index contributed by atoms with van der Waals surface area (Å²) in [5, 5.41) is 1.81. The first-order valence-electron chi connectivity index (χ1n) is 7.97. The Morgan fingerprint density at radius 1 is 1.21 bits per heavy atom. The molecule has 0 N–H and O–H groups in total. The molecule has 1 aromatic carbocycles. The zero-order valence-corrected chi connectivity index (χ0v) is 16.4. The zero-order valence-electron chi connectivity index (χ0n) is 13.9. The van der Waals surface area contributed by atoms with Gasteiger partial charge in [0.2, 0.25) is 0 Å². The van der Waals surface area contributed by atoms with Crippen molar-refractivity contribution in [3.05, 3.63) is 46.8 Å². The van der Waals surface area contributed by atoms with Crippen molar-refractivity contribution in [3.63, 3.8) is 0 Å². The molecule has 0 amide bonds. The van der Waals surface area contributed by atoms with E-state index < -0.39 is 10.0 Å². The van der Waals surface area contributed by atoms with Crippen molar-refractivity contribution in [2.45, 2.75) is 31.0 Å². The lowest BCUT2D eigenvalue weighted by Gasteiger charge is -2.32. The minimum absolute atomic E-state index is 0. The van der Waals surface area contributed by atoms with Gasteiger partial charge in [-0.2, -0.15) is 0 Å². The predicted molar refractivity (Wildman–Crippen MR) is 103 cm³/mol. The molecule has 132 valence electrons. The lowest BCUT2D eigenvalue weighted by atomic mass is 9.98. The van der Waals surface area contributed by atoms with Gasteiger partial charge in [0.25, 0.3) is 10.0 Å². The Balaban J connectivity index is 0.00000208. The molecule has 1 aromatic heterocycles. The summed E-state index contributed by atoms with van der Waals surface area (Å²) in [4.78, 5) is 2.39. The highest BCUT2D eigenvalue weighted by Gasteiger charge is 2.28. The van der Waals surface area contributed by atoms with E-state index in [1.54, 1.807) is 21.8 Å². The Kier molecular flexibility index (Phi) is 6.31. The van der Waals surface area contributed by atoms with Crippen LogP contribution in [0.2, 0.25) is 0 Å². The number of thiophene rings is 1. The molecule has 0 fully saturated rings. The zero-order chi connectivity index (χ0) is 16.4. The van der Waals surface area contributed by atoms with E-state index in [9.17, 15) is 8.42 Å². The quantitative estimate of drug-likeness (QED) is 0.785. The van der Waals surface area contributed by atoms with Crippen molar-refractivity contribution in [3.8, 4) is 0 Å². The SMILES string of the molecule is CCN1CCc2c(cccc2N(CC)S(=O)(=O)c2cccs2)C1.Cl. The van der Waals surface area contributed by atoms with Crippen LogP contribution in [0.15, 0.2) is 39.9 Å². The molecule has 1 aliphatic heterocycles. The van der Waals surface area contributed by atoms with Gasteiger partial charge in [-0.15, -0.1) is 23.7 Å². The Bertz CT molecular complexity index is 776. The van der Waals surface area contributed by atoms with Gasteiger partial charge >= 0.3 is 0 Å². The second-order valence-electron chi connectivity index (χ2n) is 5.64. The molecule has 1 aliphatic rings. The van der Waals surface area contributed by atoms with E-state index in [0.29, 0.717) is 10.8 Å². The molecule has 0 saturated heterocycles. The summed E-state index contributed by atoms with van der Waals surface area (Å²) in [6, 6.07) is 9.49. The van der Waals surface area contributed by atoms with Crippen LogP contribution in [-0.2, 0) is 23.0 Å². The highest BCUT2D eigenvalue weighted by Crippen LogP contribution is 2.33. The molecule has 4 nitrogen and oxygen atoms in total. The second-order valence-corrected chi connectivity index (χ2v) is 8.67. The number of nitrogens with zero attached hydrogens (tertiary/aromatic N) is 2. The average Bonchev–Trinajstić information content (AvgIpc) is 3.10. The molecule has 0 aliphatic carbocycles. The third-order valence-electron chi connectivity index (χ3n) is 4.36. The van der Waals surface area contributed by atoms with Gasteiger partial charge in [0.15, 0.2) is 0 Å². The Labute approximate surface area is 154 Å². The number of benzene rings is 1. The van der Waals surface area contributed by atoms with Gasteiger partial charge in [-0.1, -0.05) is 25.1 Å². The van der Waals surface area contributed by atoms with Crippen LogP contribution >= 0.6 is 23.7 Å². The fourth-order valence-corrected chi connectivity index (χ4v) is 5.75. The standard InChI is InChI=1S/C17H22N2O2S2.ClH/c1-3-18-11-10-15-14(13-18)7-5-8-16(15)19(4-2)23(20,21)17-9-6-12-22-17;/h5-9,12H,3-4,10-11,13H2,1-2H3;1H. The normalized spacial score (nSPS) is 14.8. The van der Waals surface area contributed by atoms with Gasteiger partial charge in [-0.3, -0.25) is 9.21 Å². The van der Waals surface area contributed by atoms with E-state index in [4.69, 9.17) is 0 Å². The third-order valence-corrected chi connectivity index (χ3v) is 7.62. The number of rotatable bonds is 5. The Hall–Kier alpha value is -1.08. The van der Waals surface area contributed by atoms with Gasteiger partial charge in [-0.25, -0.2) is 8.42 Å². The molecule has 2 aromatic rings. The molecule has 0 spiro atoms. The lowest BCUT2D eigenvalue weighted by Crippen LogP contribution is -2.35. The van der Waals surface area contributed by atoms with Gasteiger partial charge < -0.3 is 0 Å². The number of hydrogen-bond acceptors (Lipinski definition) is 4. The summed E-state index contributed by atoms with van der Waals surface area (Å²) >= 11 is 1.27. The molecule has 3 rings (SSSR count). The maximum Gasteiger partial charge on any atom is 0.273 e. The molecule has 24 heavy (non-hydrogen) atoms. The number of likely N-dealkylation sites (N-methyl/N-ethyl adjacent to an activating group) is 1. The molecule has 0 saturated carbocycles. The highest BCUT2D eigenvalue weighted by atomic mass is 35.5. The summed E-state index contributed by atoms with van der Waals surface area (Å²) in [5.41, 5.74) is 3.27. The van der Waals surface area contributed by atoms with Gasteiger partial charge in [0.1, 0.15) is 4.21 Å². The van der Waals surface area contributed by atoms with Crippen LogP contribution in [0.1, 0.15) is 25.0 Å². The van der Waals surface area contributed by atoms with Crippen molar-refractivity contribution in [1.82, 2.24) is 4.90 Å². The number of hydrogen-bond donors (Lipinski definition) is 0. The second kappa shape index (κ2) is 7.87. The number of sulfonamides is 1. The molecule has 0 radical (unpaired) electrons. The first-order valence-corrected chi connectivity index (χ1v) is 10.3. The van der Waals surface area contributed by atoms with Gasteiger partial charge in [0.05, 0.1) is 5.69 Å². The van der Waals surface area contributed by atoms with Crippen LogP contribution in [0.25, 0.3) is 0 Å². The average molecular weight is 387 g/mol. The Morgan fingerprint density at radius 3 is 2.62 bits per heavy atom. The highest BCUT2D eigenvalue weighted by molar-refractivity contribution is 7.94. The van der Waals surface area contributed by atoms with E-state index in [1.165, 1.54) is 22.5 Å². The van der Waals surface area contributed by atoms with Crippen LogP contribution in [0, 0.1) is 0 Å². The summed E-state index contributed by atoms with van der Waals surface area (Å²) in [6.45, 7) is 7.40. The van der Waals surface area contributed by atoms with Crippen LogP contribution < -0.4 is 4.31 Å². The van der Waals surface area contributed by atoms with Crippen molar-refractivity contribution < 1.29 is 8.42 Å². The maximum absolute atomic E-state index is 13.0. The topological polar surface area (TPSA) is 40.6 Å². The fourth-order valence-electron chi connectivity index (χ4n) is 3.14. The van der Waals surface area contributed by atoms with Crippen molar-refractivity contribution >= 4 is 39.5 Å². The Morgan fingerprint density at radius 2 is 2.00 bits per heavy atom. The molecular weight excluding hydrogens is 364 g/mol. The van der Waals surface area contributed by atoms with Crippen LogP contribution in [-0.4, -0.2) is 33.0 Å². The molecular formula is C17H23ClN2O2S2. The van der Waals surface area contributed by atoms with E-state index >= 15 is 0 Å². The molecule has 0 bridgehead atoms. The van der Waals surface area contributed by atoms with Crippen molar-refractivity contribution in [2.75, 3.05) is 23.9 Å². The van der Waals surface area contributed by atoms with Crippen molar-refractivity contribution in [1.29, 1.82) is 0 Å². The van der Waals surface area contributed by atoms with Crippen molar-refractivity contribution in [2.24, 2.45) is 0 Å². The minimum Gasteiger partial charge on any atom is -0.299 e. The van der Waals surface area contributed by atoms with Crippen LogP contribution in [0.5, 0.6) is 0 Å². The summed E-state index contributed by atoms with van der Waals surface area (Å²) < 4.78 is 27.9. The largest absolute Gasteiger partial charge is 0.299 e. The molecule has 0 unspecified atom stereocenters. The van der Waals surface area contributed by atoms with E-state index in [0.717, 1.165) is 31.7 Å². The third kappa shape index (κ3) is 3.47. The molecule has 2 heterocycles. The predicted octanol–water partition coefficient (Wildman–Crippen LogP) is 3.76. The lowest BCUT2D eigenvalue weighted by molar-refractivity contribution is 0.268. The summed E-state index contributed by atoms with van der Waals surface area (Å²) in [6.07, 6.45) is 0.899. The first kappa shape index (κ1) is 19.2. The first-order chi connectivity index (χ1) is 11.1. The van der Waals surface area contributed by atoms with E-state index in [-0.39, 0.29) is 12.4 Å². The number of halogens is 1. The van der Waals surface area contributed by atoms with E-state index in [1.807, 2.05) is 19.1 Å². The maximum atomic E-state index is 13.0. The smallest absolute Gasteiger partial charge is 0.273 e. The van der Waals surface area contributed by atoms with Crippen LogP contribution in [0.3, 0.4) is 0 Å². The molecule has 0 atom stereocenters. The molecule has 7 heteroatoms.